The summed E-state index contributed by atoms with van der Waals surface area (Å²) in [5, 5.41) is 13.8. The van der Waals surface area contributed by atoms with E-state index in [0.29, 0.717) is 21.9 Å². The highest BCUT2D eigenvalue weighted by molar-refractivity contribution is 9.10. The van der Waals surface area contributed by atoms with Gasteiger partial charge in [-0.1, -0.05) is 12.1 Å². The summed E-state index contributed by atoms with van der Waals surface area (Å²) in [6.45, 7) is 1.70. The van der Waals surface area contributed by atoms with Crippen molar-refractivity contribution < 1.29 is 18.4 Å². The van der Waals surface area contributed by atoms with Crippen LogP contribution in [0, 0.1) is 12.7 Å². The number of carbonyl (C=O) groups is 2. The summed E-state index contributed by atoms with van der Waals surface area (Å²) in [6.07, 6.45) is 0. The van der Waals surface area contributed by atoms with E-state index in [0.717, 1.165) is 0 Å². The molecule has 2 aromatic heterocycles. The van der Waals surface area contributed by atoms with E-state index in [1.165, 1.54) is 40.9 Å². The van der Waals surface area contributed by atoms with E-state index in [2.05, 4.69) is 36.8 Å². The smallest absolute Gasteiger partial charge is 0.293 e. The van der Waals surface area contributed by atoms with Crippen molar-refractivity contribution in [1.29, 1.82) is 0 Å². The highest BCUT2D eigenvalue weighted by Gasteiger charge is 2.22. The number of rotatable bonds is 5. The lowest BCUT2D eigenvalue weighted by Crippen LogP contribution is -2.28. The topological polar surface area (TPSA) is 106 Å². The fourth-order valence-electron chi connectivity index (χ4n) is 3.06. The van der Waals surface area contributed by atoms with E-state index < -0.39 is 17.6 Å². The summed E-state index contributed by atoms with van der Waals surface area (Å²) < 4.78 is 21.6. The minimum absolute atomic E-state index is 0.0545. The van der Waals surface area contributed by atoms with Gasteiger partial charge in [-0.15, -0.1) is 5.10 Å². The van der Waals surface area contributed by atoms with Crippen LogP contribution in [0.1, 0.15) is 26.7 Å². The number of hydrogen-bond donors (Lipinski definition) is 1. The molecule has 0 unspecified atom stereocenters. The molecule has 0 aliphatic carbocycles. The summed E-state index contributed by atoms with van der Waals surface area (Å²) in [5.74, 6) is -1.06. The van der Waals surface area contributed by atoms with Gasteiger partial charge in [0.15, 0.2) is 16.3 Å². The van der Waals surface area contributed by atoms with E-state index in [1.807, 2.05) is 0 Å². The van der Waals surface area contributed by atoms with E-state index in [-0.39, 0.29) is 17.0 Å². The second-order valence-corrected chi connectivity index (χ2v) is 7.52. The van der Waals surface area contributed by atoms with E-state index in [4.69, 9.17) is 4.42 Å². The number of nitrogens with one attached hydrogen (secondary N) is 1. The molecule has 0 aliphatic rings. The quantitative estimate of drug-likeness (QED) is 0.445. The third-order valence-electron chi connectivity index (χ3n) is 4.67. The van der Waals surface area contributed by atoms with E-state index >= 15 is 0 Å². The zero-order valence-corrected chi connectivity index (χ0v) is 18.5. The van der Waals surface area contributed by atoms with Crippen LogP contribution in [-0.4, -0.2) is 39.1 Å². The zero-order chi connectivity index (χ0) is 22.8. The van der Waals surface area contributed by atoms with Crippen LogP contribution in [-0.2, 0) is 0 Å². The SMILES string of the molecule is Cc1nnnn1-c1ccc(F)c(NC(=O)c2ccccc2N(C)C(=O)c2ccc(Br)o2)c1. The molecule has 9 nitrogen and oxygen atoms in total. The standard InChI is InChI=1S/C21H16BrFN6O3/c1-12-25-26-27-29(12)13-7-8-15(23)16(11-13)24-20(30)14-5-3-4-6-17(14)28(2)21(31)18-9-10-19(22)32-18/h3-11H,1-2H3,(H,24,30). The van der Waals surface area contributed by atoms with Gasteiger partial charge >= 0.3 is 0 Å². The molecule has 0 atom stereocenters. The molecule has 4 aromatic rings. The maximum atomic E-state index is 14.4. The van der Waals surface area contributed by atoms with Crippen LogP contribution >= 0.6 is 15.9 Å². The van der Waals surface area contributed by atoms with Crippen molar-refractivity contribution in [2.45, 2.75) is 6.92 Å². The average Bonchev–Trinajstić information content (AvgIpc) is 3.42. The van der Waals surface area contributed by atoms with Crippen molar-refractivity contribution in [2.75, 3.05) is 17.3 Å². The Morgan fingerprint density at radius 1 is 1.16 bits per heavy atom. The van der Waals surface area contributed by atoms with Crippen LogP contribution in [0.3, 0.4) is 0 Å². The van der Waals surface area contributed by atoms with Gasteiger partial charge in [0.2, 0.25) is 0 Å². The number of halogens is 2. The fourth-order valence-corrected chi connectivity index (χ4v) is 3.37. The second kappa shape index (κ2) is 8.71. The molecule has 0 fully saturated rings. The number of benzene rings is 2. The lowest BCUT2D eigenvalue weighted by molar-refractivity contribution is 0.0965. The summed E-state index contributed by atoms with van der Waals surface area (Å²) in [7, 11) is 1.52. The first-order valence-corrected chi connectivity index (χ1v) is 10.1. The number of aryl methyl sites for hydroxylation is 1. The molecule has 2 heterocycles. The van der Waals surface area contributed by atoms with Crippen molar-refractivity contribution in [2.24, 2.45) is 0 Å². The molecular formula is C21H16BrFN6O3. The lowest BCUT2D eigenvalue weighted by Gasteiger charge is -2.19. The molecule has 32 heavy (non-hydrogen) atoms. The first kappa shape index (κ1) is 21.4. The van der Waals surface area contributed by atoms with Crippen LogP contribution in [0.15, 0.2) is 63.7 Å². The maximum absolute atomic E-state index is 14.4. The number of aromatic nitrogens is 4. The minimum Gasteiger partial charge on any atom is -0.444 e. The molecule has 0 saturated heterocycles. The Morgan fingerprint density at radius 3 is 2.62 bits per heavy atom. The molecule has 0 spiro atoms. The number of anilines is 2. The highest BCUT2D eigenvalue weighted by atomic mass is 79.9. The Bertz CT molecular complexity index is 1320. The monoisotopic (exact) mass is 498 g/mol. The Labute approximate surface area is 190 Å². The molecule has 11 heteroatoms. The van der Waals surface area contributed by atoms with Gasteiger partial charge in [0.25, 0.3) is 11.8 Å². The van der Waals surface area contributed by atoms with E-state index in [9.17, 15) is 14.0 Å². The third-order valence-corrected chi connectivity index (χ3v) is 5.09. The van der Waals surface area contributed by atoms with Crippen LogP contribution in [0.4, 0.5) is 15.8 Å². The highest BCUT2D eigenvalue weighted by Crippen LogP contribution is 2.25. The fraction of sp³-hybridized carbons (Fsp3) is 0.0952. The Hall–Kier alpha value is -3.86. The van der Waals surface area contributed by atoms with Crippen molar-refractivity contribution >= 4 is 39.1 Å². The Morgan fingerprint density at radius 2 is 1.94 bits per heavy atom. The number of tetrazole rings is 1. The number of hydrogen-bond acceptors (Lipinski definition) is 6. The van der Waals surface area contributed by atoms with Gasteiger partial charge in [0.05, 0.1) is 22.6 Å². The van der Waals surface area contributed by atoms with Crippen molar-refractivity contribution in [3.8, 4) is 5.69 Å². The molecule has 0 radical (unpaired) electrons. The molecule has 0 saturated carbocycles. The molecule has 2 aromatic carbocycles. The average molecular weight is 499 g/mol. The number of carbonyl (C=O) groups excluding carboxylic acids is 2. The van der Waals surface area contributed by atoms with Gasteiger partial charge < -0.3 is 14.6 Å². The van der Waals surface area contributed by atoms with Gasteiger partial charge in [0.1, 0.15) is 5.82 Å². The van der Waals surface area contributed by atoms with Gasteiger partial charge in [-0.25, -0.2) is 4.39 Å². The first-order valence-electron chi connectivity index (χ1n) is 9.34. The predicted octanol–water partition coefficient (Wildman–Crippen LogP) is 3.99. The van der Waals surface area contributed by atoms with Crippen LogP contribution in [0.25, 0.3) is 5.69 Å². The summed E-state index contributed by atoms with van der Waals surface area (Å²) in [4.78, 5) is 27.1. The van der Waals surface area contributed by atoms with Gasteiger partial charge in [-0.05, 0) is 75.7 Å². The molecular weight excluding hydrogens is 483 g/mol. The maximum Gasteiger partial charge on any atom is 0.293 e. The molecule has 4 rings (SSSR count). The van der Waals surface area contributed by atoms with Crippen LogP contribution in [0.5, 0.6) is 0 Å². The van der Waals surface area contributed by atoms with Gasteiger partial charge in [-0.3, -0.25) is 9.59 Å². The second-order valence-electron chi connectivity index (χ2n) is 6.74. The molecule has 0 bridgehead atoms. The first-order chi connectivity index (χ1) is 15.3. The largest absolute Gasteiger partial charge is 0.444 e. The van der Waals surface area contributed by atoms with Gasteiger partial charge in [-0.2, -0.15) is 4.68 Å². The molecule has 2 amide bonds. The Kier molecular flexibility index (Phi) is 5.82. The number of para-hydroxylation sites is 1. The van der Waals surface area contributed by atoms with Crippen LogP contribution in [0.2, 0.25) is 0 Å². The molecule has 162 valence electrons. The summed E-state index contributed by atoms with van der Waals surface area (Å²) >= 11 is 3.16. The minimum atomic E-state index is -0.629. The molecule has 1 N–H and O–H groups in total. The van der Waals surface area contributed by atoms with Crippen molar-refractivity contribution in [3.05, 3.63) is 82.2 Å². The predicted molar refractivity (Wildman–Crippen MR) is 117 cm³/mol. The summed E-state index contributed by atoms with van der Waals surface area (Å²) in [5.41, 5.74) is 0.933. The van der Waals surface area contributed by atoms with Gasteiger partial charge in [0, 0.05) is 7.05 Å². The number of nitrogens with zero attached hydrogens (tertiary/aromatic N) is 5. The van der Waals surface area contributed by atoms with Crippen molar-refractivity contribution in [1.82, 2.24) is 20.2 Å². The Balaban J connectivity index is 1.63. The normalized spacial score (nSPS) is 10.8. The lowest BCUT2D eigenvalue weighted by atomic mass is 10.1. The zero-order valence-electron chi connectivity index (χ0n) is 16.9. The number of furan rings is 1. The summed E-state index contributed by atoms with van der Waals surface area (Å²) in [6, 6.07) is 13.7. The molecule has 0 aliphatic heterocycles. The number of amides is 2. The third kappa shape index (κ3) is 4.14. The van der Waals surface area contributed by atoms with Crippen LogP contribution < -0.4 is 10.2 Å². The van der Waals surface area contributed by atoms with Crippen molar-refractivity contribution in [3.63, 3.8) is 0 Å². The van der Waals surface area contributed by atoms with E-state index in [1.54, 1.807) is 37.3 Å².